The number of hydrogen-bond acceptors (Lipinski definition) is 5. The molecule has 1 fully saturated rings. The van der Waals surface area contributed by atoms with Gasteiger partial charge < -0.3 is 14.8 Å². The van der Waals surface area contributed by atoms with E-state index in [1.807, 2.05) is 12.1 Å². The van der Waals surface area contributed by atoms with Crippen molar-refractivity contribution in [3.63, 3.8) is 0 Å². The minimum atomic E-state index is -1.16. The highest BCUT2D eigenvalue weighted by molar-refractivity contribution is 5.97. The first-order valence-corrected chi connectivity index (χ1v) is 8.84. The highest BCUT2D eigenvalue weighted by atomic mass is 16.6. The first-order chi connectivity index (χ1) is 11.9. The number of esters is 1. The summed E-state index contributed by atoms with van der Waals surface area (Å²) in [5.41, 5.74) is 0.233. The summed E-state index contributed by atoms with van der Waals surface area (Å²) >= 11 is 0. The average molecular weight is 346 g/mol. The zero-order chi connectivity index (χ0) is 18.0. The Balaban J connectivity index is 1.62. The van der Waals surface area contributed by atoms with Gasteiger partial charge in [-0.2, -0.15) is 0 Å². The second-order valence-electron chi connectivity index (χ2n) is 7.18. The van der Waals surface area contributed by atoms with Gasteiger partial charge in [-0.25, -0.2) is 4.79 Å². The summed E-state index contributed by atoms with van der Waals surface area (Å²) in [4.78, 5) is 27.2. The number of ether oxygens (including phenoxy) is 2. The van der Waals surface area contributed by atoms with Crippen LogP contribution in [-0.2, 0) is 20.7 Å². The molecule has 136 valence electrons. The fourth-order valence-corrected chi connectivity index (χ4v) is 3.60. The summed E-state index contributed by atoms with van der Waals surface area (Å²) in [6, 6.07) is 7.80. The largest absolute Gasteiger partial charge is 0.445 e. The van der Waals surface area contributed by atoms with Gasteiger partial charge in [0, 0.05) is 31.6 Å². The van der Waals surface area contributed by atoms with E-state index in [-0.39, 0.29) is 11.9 Å². The number of carbonyl (C=O) groups is 2. The van der Waals surface area contributed by atoms with Crippen LogP contribution in [0.15, 0.2) is 24.3 Å². The summed E-state index contributed by atoms with van der Waals surface area (Å²) in [6.45, 7) is 8.69. The maximum Gasteiger partial charge on any atom is 0.339 e. The number of nitrogens with zero attached hydrogens (tertiary/aromatic N) is 1. The molecule has 25 heavy (non-hydrogen) atoms. The minimum Gasteiger partial charge on any atom is -0.445 e. The molecule has 1 N–H and O–H groups in total. The Bertz CT molecular complexity index is 663. The van der Waals surface area contributed by atoms with Crippen LogP contribution in [-0.4, -0.2) is 60.8 Å². The van der Waals surface area contributed by atoms with E-state index in [9.17, 15) is 9.59 Å². The van der Waals surface area contributed by atoms with E-state index < -0.39 is 11.6 Å². The van der Waals surface area contributed by atoms with Crippen LogP contribution in [0.4, 0.5) is 0 Å². The molecule has 6 heteroatoms. The van der Waals surface area contributed by atoms with Crippen molar-refractivity contribution in [3.05, 3.63) is 35.4 Å². The van der Waals surface area contributed by atoms with Crippen LogP contribution in [0.1, 0.15) is 36.7 Å². The van der Waals surface area contributed by atoms with Crippen LogP contribution >= 0.6 is 0 Å². The van der Waals surface area contributed by atoms with Gasteiger partial charge in [-0.3, -0.25) is 9.69 Å². The number of morpholine rings is 1. The molecule has 3 atom stereocenters. The lowest BCUT2D eigenvalue weighted by Crippen LogP contribution is -2.56. The maximum absolute atomic E-state index is 12.7. The Morgan fingerprint density at radius 3 is 2.96 bits per heavy atom. The molecule has 1 aromatic rings. The van der Waals surface area contributed by atoms with E-state index in [1.54, 1.807) is 19.1 Å². The fourth-order valence-electron chi connectivity index (χ4n) is 3.60. The Hall–Kier alpha value is -1.92. The van der Waals surface area contributed by atoms with Crippen molar-refractivity contribution in [1.29, 1.82) is 0 Å². The molecule has 0 radical (unpaired) electrons. The summed E-state index contributed by atoms with van der Waals surface area (Å²) in [7, 11) is 0. The van der Waals surface area contributed by atoms with Crippen LogP contribution in [0.25, 0.3) is 0 Å². The van der Waals surface area contributed by atoms with E-state index in [0.717, 1.165) is 18.7 Å². The number of carbonyl (C=O) groups excluding carboxylic acids is 2. The molecule has 1 aromatic carbocycles. The van der Waals surface area contributed by atoms with Crippen molar-refractivity contribution in [1.82, 2.24) is 10.2 Å². The maximum atomic E-state index is 12.7. The molecule has 3 rings (SSSR count). The molecule has 1 saturated heterocycles. The van der Waals surface area contributed by atoms with Crippen molar-refractivity contribution >= 4 is 11.9 Å². The van der Waals surface area contributed by atoms with Crippen LogP contribution in [0.2, 0.25) is 0 Å². The van der Waals surface area contributed by atoms with Crippen LogP contribution in [0, 0.1) is 0 Å². The molecule has 2 aliphatic rings. The molecule has 0 aliphatic carbocycles. The second-order valence-corrected chi connectivity index (χ2v) is 7.18. The molecule has 0 aromatic heterocycles. The normalized spacial score (nSPS) is 28.0. The van der Waals surface area contributed by atoms with Crippen LogP contribution < -0.4 is 5.32 Å². The lowest BCUT2D eigenvalue weighted by atomic mass is 9.89. The highest BCUT2D eigenvalue weighted by Crippen LogP contribution is 2.28. The molecule has 2 aliphatic heterocycles. The molecular weight excluding hydrogens is 320 g/mol. The fraction of sp³-hybridized carbons (Fsp3) is 0.579. The van der Waals surface area contributed by atoms with E-state index in [0.29, 0.717) is 31.2 Å². The predicted octanol–water partition coefficient (Wildman–Crippen LogP) is 1.38. The van der Waals surface area contributed by atoms with E-state index >= 15 is 0 Å². The summed E-state index contributed by atoms with van der Waals surface area (Å²) in [5, 5.41) is 2.96. The lowest BCUT2D eigenvalue weighted by molar-refractivity contribution is -0.140. The topological polar surface area (TPSA) is 67.9 Å². The first-order valence-electron chi connectivity index (χ1n) is 8.84. The number of fused-ring (bicyclic) bond motifs is 1. The van der Waals surface area contributed by atoms with Crippen LogP contribution in [0.3, 0.4) is 0 Å². The van der Waals surface area contributed by atoms with Gasteiger partial charge in [-0.1, -0.05) is 18.2 Å². The monoisotopic (exact) mass is 346 g/mol. The number of rotatable bonds is 4. The van der Waals surface area contributed by atoms with Gasteiger partial charge in [-0.15, -0.1) is 0 Å². The molecule has 1 amide bonds. The van der Waals surface area contributed by atoms with Gasteiger partial charge in [0.05, 0.1) is 18.8 Å². The van der Waals surface area contributed by atoms with Crippen molar-refractivity contribution < 1.29 is 19.1 Å². The number of cyclic esters (lactones) is 1. The SMILES string of the molecule is C[C@H](CNC(=O)[C@@]1(C)Cc2ccccc2C(=O)O1)N1CCOC[C@@H]1C. The Kier molecular flexibility index (Phi) is 5.11. The van der Waals surface area contributed by atoms with Gasteiger partial charge in [0.25, 0.3) is 5.91 Å². The third-order valence-corrected chi connectivity index (χ3v) is 5.11. The zero-order valence-electron chi connectivity index (χ0n) is 15.1. The second kappa shape index (κ2) is 7.14. The Labute approximate surface area is 148 Å². The van der Waals surface area contributed by atoms with E-state index in [2.05, 4.69) is 24.1 Å². The van der Waals surface area contributed by atoms with E-state index in [1.165, 1.54) is 0 Å². The average Bonchev–Trinajstić information content (AvgIpc) is 2.59. The quantitative estimate of drug-likeness (QED) is 0.835. The van der Waals surface area contributed by atoms with Gasteiger partial charge in [0.15, 0.2) is 5.60 Å². The smallest absolute Gasteiger partial charge is 0.339 e. The molecule has 0 unspecified atom stereocenters. The molecule has 0 bridgehead atoms. The van der Waals surface area contributed by atoms with Crippen LogP contribution in [0.5, 0.6) is 0 Å². The molecule has 2 heterocycles. The van der Waals surface area contributed by atoms with Crippen molar-refractivity contribution in [2.75, 3.05) is 26.3 Å². The zero-order valence-corrected chi connectivity index (χ0v) is 15.1. The number of amides is 1. The summed E-state index contributed by atoms with van der Waals surface area (Å²) in [6.07, 6.45) is 0.392. The Morgan fingerprint density at radius 1 is 1.44 bits per heavy atom. The molecular formula is C19H26N2O4. The van der Waals surface area contributed by atoms with Crippen molar-refractivity contribution in [2.45, 2.75) is 44.9 Å². The van der Waals surface area contributed by atoms with Gasteiger partial charge in [0.2, 0.25) is 0 Å². The third-order valence-electron chi connectivity index (χ3n) is 5.11. The summed E-state index contributed by atoms with van der Waals surface area (Å²) in [5.74, 6) is -0.683. The van der Waals surface area contributed by atoms with Crippen molar-refractivity contribution in [2.24, 2.45) is 0 Å². The lowest BCUT2D eigenvalue weighted by Gasteiger charge is -2.38. The van der Waals surface area contributed by atoms with E-state index in [4.69, 9.17) is 9.47 Å². The highest BCUT2D eigenvalue weighted by Gasteiger charge is 2.42. The number of hydrogen-bond donors (Lipinski definition) is 1. The third kappa shape index (κ3) is 3.70. The Morgan fingerprint density at radius 2 is 2.20 bits per heavy atom. The molecule has 0 spiro atoms. The number of benzene rings is 1. The number of nitrogens with one attached hydrogen (secondary N) is 1. The summed E-state index contributed by atoms with van der Waals surface area (Å²) < 4.78 is 10.9. The van der Waals surface area contributed by atoms with Gasteiger partial charge >= 0.3 is 5.97 Å². The van der Waals surface area contributed by atoms with Gasteiger partial charge in [-0.05, 0) is 32.4 Å². The minimum absolute atomic E-state index is 0.193. The standard InChI is InChI=1S/C19H26N2O4/c1-13(21-8-9-24-12-14(21)2)11-20-18(23)19(3)10-15-6-4-5-7-16(15)17(22)25-19/h4-7,13-14H,8-12H2,1-3H3,(H,20,23)/t13-,14+,19-/m1/s1. The molecule has 0 saturated carbocycles. The molecule has 6 nitrogen and oxygen atoms in total. The van der Waals surface area contributed by atoms with Crippen molar-refractivity contribution in [3.8, 4) is 0 Å². The predicted molar refractivity (Wildman–Crippen MR) is 93.4 cm³/mol. The first kappa shape index (κ1) is 17.9. The van der Waals surface area contributed by atoms with Gasteiger partial charge in [0.1, 0.15) is 0 Å².